The van der Waals surface area contributed by atoms with Gasteiger partial charge in [-0.2, -0.15) is 5.10 Å². The monoisotopic (exact) mass is 443 g/mol. The molecule has 0 saturated carbocycles. The third kappa shape index (κ3) is 3.51. The van der Waals surface area contributed by atoms with Crippen LogP contribution < -0.4 is 14.8 Å². The van der Waals surface area contributed by atoms with Gasteiger partial charge in [-0.25, -0.2) is 4.98 Å². The van der Waals surface area contributed by atoms with Gasteiger partial charge in [0.25, 0.3) is 5.91 Å². The molecule has 0 aliphatic rings. The molecule has 30 heavy (non-hydrogen) atoms. The van der Waals surface area contributed by atoms with Gasteiger partial charge in [0, 0.05) is 29.6 Å². The van der Waals surface area contributed by atoms with Crippen molar-refractivity contribution < 1.29 is 14.3 Å². The number of halogens is 2. The van der Waals surface area contributed by atoms with E-state index in [1.165, 1.54) is 14.2 Å². The number of hydrogen-bond donors (Lipinski definition) is 2. The third-order valence-electron chi connectivity index (χ3n) is 4.43. The van der Waals surface area contributed by atoms with Crippen LogP contribution in [-0.2, 0) is 0 Å². The number of rotatable bonds is 5. The predicted molar refractivity (Wildman–Crippen MR) is 115 cm³/mol. The molecular formula is C20H15Cl2N5O3. The normalized spacial score (nSPS) is 10.8. The highest BCUT2D eigenvalue weighted by atomic mass is 35.5. The minimum absolute atomic E-state index is 0.306. The second kappa shape index (κ2) is 8.17. The number of aromatic nitrogens is 4. The Bertz CT molecular complexity index is 1220. The average Bonchev–Trinajstić information content (AvgIpc) is 3.16. The second-order valence-corrected chi connectivity index (χ2v) is 6.89. The van der Waals surface area contributed by atoms with Crippen molar-refractivity contribution in [2.24, 2.45) is 0 Å². The largest absolute Gasteiger partial charge is 0.495 e. The fourth-order valence-corrected chi connectivity index (χ4v) is 3.63. The van der Waals surface area contributed by atoms with Crippen LogP contribution in [0.3, 0.4) is 0 Å². The summed E-state index contributed by atoms with van der Waals surface area (Å²) >= 11 is 13.0. The van der Waals surface area contributed by atoms with E-state index in [0.717, 1.165) is 0 Å². The smallest absolute Gasteiger partial charge is 0.256 e. The number of carbonyl (C=O) groups is 1. The summed E-state index contributed by atoms with van der Waals surface area (Å²) in [6, 6.07) is 8.32. The van der Waals surface area contributed by atoms with E-state index in [9.17, 15) is 4.79 Å². The number of pyridine rings is 2. The molecule has 10 heteroatoms. The van der Waals surface area contributed by atoms with Gasteiger partial charge in [0.1, 0.15) is 11.5 Å². The van der Waals surface area contributed by atoms with E-state index in [4.69, 9.17) is 32.7 Å². The fourth-order valence-electron chi connectivity index (χ4n) is 2.93. The van der Waals surface area contributed by atoms with Crippen molar-refractivity contribution in [1.82, 2.24) is 20.2 Å². The lowest BCUT2D eigenvalue weighted by Crippen LogP contribution is -2.12. The Labute approximate surface area is 181 Å². The zero-order valence-electron chi connectivity index (χ0n) is 15.9. The van der Waals surface area contributed by atoms with E-state index in [2.05, 4.69) is 25.5 Å². The number of fused-ring (bicyclic) bond motifs is 1. The predicted octanol–water partition coefficient (Wildman–Crippen LogP) is 4.60. The van der Waals surface area contributed by atoms with Gasteiger partial charge in [0.05, 0.1) is 35.3 Å². The summed E-state index contributed by atoms with van der Waals surface area (Å²) in [4.78, 5) is 20.9. The van der Waals surface area contributed by atoms with Crippen molar-refractivity contribution in [3.63, 3.8) is 0 Å². The highest BCUT2D eigenvalue weighted by molar-refractivity contribution is 6.41. The summed E-state index contributed by atoms with van der Waals surface area (Å²) in [6.45, 7) is 0. The number of benzene rings is 1. The number of methoxy groups -OCH3 is 2. The van der Waals surface area contributed by atoms with Crippen molar-refractivity contribution in [2.45, 2.75) is 0 Å². The average molecular weight is 444 g/mol. The van der Waals surface area contributed by atoms with Crippen molar-refractivity contribution in [3.8, 4) is 22.8 Å². The van der Waals surface area contributed by atoms with Gasteiger partial charge in [-0.15, -0.1) is 0 Å². The van der Waals surface area contributed by atoms with Gasteiger partial charge in [-0.3, -0.25) is 14.9 Å². The number of ether oxygens (including phenoxy) is 2. The molecule has 0 aliphatic heterocycles. The zero-order valence-corrected chi connectivity index (χ0v) is 17.4. The number of aromatic amines is 1. The van der Waals surface area contributed by atoms with E-state index >= 15 is 0 Å². The topological polar surface area (TPSA) is 102 Å². The molecule has 0 fully saturated rings. The van der Waals surface area contributed by atoms with Crippen LogP contribution in [-0.4, -0.2) is 40.3 Å². The molecule has 4 rings (SSSR count). The number of H-pyrrole nitrogens is 1. The van der Waals surface area contributed by atoms with E-state index < -0.39 is 0 Å². The molecule has 0 aliphatic carbocycles. The molecule has 1 amide bonds. The summed E-state index contributed by atoms with van der Waals surface area (Å²) < 4.78 is 10.6. The lowest BCUT2D eigenvalue weighted by Gasteiger charge is -2.14. The Balaban J connectivity index is 1.74. The summed E-state index contributed by atoms with van der Waals surface area (Å²) in [5.74, 6) is 0.860. The molecule has 0 saturated heterocycles. The van der Waals surface area contributed by atoms with Crippen molar-refractivity contribution in [3.05, 3.63) is 58.3 Å². The molecule has 0 bridgehead atoms. The molecule has 3 heterocycles. The van der Waals surface area contributed by atoms with Crippen LogP contribution in [0.1, 0.15) is 10.4 Å². The molecular weight excluding hydrogens is 429 g/mol. The summed E-state index contributed by atoms with van der Waals surface area (Å²) in [7, 11) is 3.00. The summed E-state index contributed by atoms with van der Waals surface area (Å²) in [5.41, 5.74) is 1.87. The van der Waals surface area contributed by atoms with Crippen LogP contribution in [0.4, 0.5) is 5.82 Å². The Morgan fingerprint density at radius 3 is 2.33 bits per heavy atom. The Kier molecular flexibility index (Phi) is 5.43. The number of nitrogens with one attached hydrogen (secondary N) is 2. The molecule has 152 valence electrons. The quantitative estimate of drug-likeness (QED) is 0.467. The van der Waals surface area contributed by atoms with Crippen LogP contribution in [0.2, 0.25) is 10.0 Å². The summed E-state index contributed by atoms with van der Waals surface area (Å²) in [6.07, 6.45) is 3.09. The SMILES string of the molecule is COc1cc(OC)c(Cl)c(-c2ccc3c(NC(=O)c4ccncc4)n[nH]c3n2)c1Cl. The minimum Gasteiger partial charge on any atom is -0.495 e. The van der Waals surface area contributed by atoms with E-state index in [1.54, 1.807) is 42.7 Å². The molecule has 1 aromatic carbocycles. The number of hydrogen-bond acceptors (Lipinski definition) is 6. The van der Waals surface area contributed by atoms with Crippen molar-refractivity contribution >= 4 is 46.0 Å². The van der Waals surface area contributed by atoms with Crippen LogP contribution in [0.25, 0.3) is 22.3 Å². The first kappa shape index (κ1) is 19.9. The second-order valence-electron chi connectivity index (χ2n) is 6.14. The minimum atomic E-state index is -0.307. The molecule has 2 N–H and O–H groups in total. The van der Waals surface area contributed by atoms with E-state index in [-0.39, 0.29) is 5.91 Å². The van der Waals surface area contributed by atoms with E-state index in [0.29, 0.717) is 55.2 Å². The maximum absolute atomic E-state index is 12.4. The number of nitrogens with zero attached hydrogens (tertiary/aromatic N) is 3. The van der Waals surface area contributed by atoms with Crippen molar-refractivity contribution in [2.75, 3.05) is 19.5 Å². The first-order chi connectivity index (χ1) is 14.5. The first-order valence-electron chi connectivity index (χ1n) is 8.70. The molecule has 4 aromatic rings. The number of carbonyl (C=O) groups excluding carboxylic acids is 1. The first-order valence-corrected chi connectivity index (χ1v) is 9.46. The maximum Gasteiger partial charge on any atom is 0.256 e. The molecule has 0 atom stereocenters. The molecule has 0 unspecified atom stereocenters. The Morgan fingerprint density at radius 1 is 1.03 bits per heavy atom. The molecule has 3 aromatic heterocycles. The van der Waals surface area contributed by atoms with Gasteiger partial charge in [0.2, 0.25) is 0 Å². The fraction of sp³-hybridized carbons (Fsp3) is 0.100. The van der Waals surface area contributed by atoms with E-state index in [1.807, 2.05) is 0 Å². The van der Waals surface area contributed by atoms with Crippen molar-refractivity contribution in [1.29, 1.82) is 0 Å². The summed E-state index contributed by atoms with van der Waals surface area (Å²) in [5, 5.41) is 11.0. The molecule has 0 spiro atoms. The standard InChI is InChI=1S/C20H15Cl2N5O3/c1-29-13-9-14(30-2)17(22)15(16(13)21)12-4-3-11-18(24-12)26-27-19(11)25-20(28)10-5-7-23-8-6-10/h3-9H,1-2H3,(H2,24,25,26,27,28). The van der Waals surface area contributed by atoms with Crippen LogP contribution in [0, 0.1) is 0 Å². The van der Waals surface area contributed by atoms with Gasteiger partial charge >= 0.3 is 0 Å². The van der Waals surface area contributed by atoms with Crippen LogP contribution in [0.15, 0.2) is 42.7 Å². The lowest BCUT2D eigenvalue weighted by molar-refractivity contribution is 0.102. The van der Waals surface area contributed by atoms with Gasteiger partial charge in [0.15, 0.2) is 11.5 Å². The molecule has 8 nitrogen and oxygen atoms in total. The Hall–Kier alpha value is -3.36. The van der Waals surface area contributed by atoms with Gasteiger partial charge in [-0.1, -0.05) is 23.2 Å². The highest BCUT2D eigenvalue weighted by Crippen LogP contribution is 2.45. The highest BCUT2D eigenvalue weighted by Gasteiger charge is 2.21. The van der Waals surface area contributed by atoms with Crippen LogP contribution in [0.5, 0.6) is 11.5 Å². The number of amides is 1. The Morgan fingerprint density at radius 2 is 1.70 bits per heavy atom. The zero-order chi connectivity index (χ0) is 21.3. The van der Waals surface area contributed by atoms with Crippen LogP contribution >= 0.6 is 23.2 Å². The third-order valence-corrected chi connectivity index (χ3v) is 5.18. The van der Waals surface area contributed by atoms with Gasteiger partial charge < -0.3 is 14.8 Å². The lowest BCUT2D eigenvalue weighted by atomic mass is 10.1. The van der Waals surface area contributed by atoms with Gasteiger partial charge in [-0.05, 0) is 24.3 Å². The maximum atomic E-state index is 12.4. The molecule has 0 radical (unpaired) electrons. The number of anilines is 1.